The first kappa shape index (κ1) is 66.7. The van der Waals surface area contributed by atoms with E-state index < -0.39 is 89.7 Å². The number of nitrogens with zero attached hydrogens (tertiary/aromatic N) is 1. The lowest BCUT2D eigenvalue weighted by Crippen LogP contribution is -2.49. The third kappa shape index (κ3) is 24.9. The fourth-order valence-electron chi connectivity index (χ4n) is 9.38. The number of ketones is 3. The highest BCUT2D eigenvalue weighted by Crippen LogP contribution is 2.33. The first-order valence-electron chi connectivity index (χ1n) is 28.2. The number of nitrogens with one attached hydrogen (secondary N) is 7. The van der Waals surface area contributed by atoms with Crippen molar-refractivity contribution in [2.75, 3.05) is 50.2 Å². The topological polar surface area (TPSA) is 286 Å². The van der Waals surface area contributed by atoms with E-state index in [1.54, 1.807) is 20.8 Å². The average molecular weight is 1160 g/mol. The number of fused-ring (bicyclic) bond motifs is 1. The van der Waals surface area contributed by atoms with E-state index in [1.165, 1.54) is 22.7 Å². The van der Waals surface area contributed by atoms with E-state index in [0.29, 0.717) is 68.2 Å². The molecule has 0 aliphatic carbocycles. The number of ether oxygens (including phenoxy) is 3. The molecular weight excluding hydrogens is 1070 g/mol. The number of carbonyl (C=O) groups is 10. The molecule has 0 bridgehead atoms. The Labute approximate surface area is 480 Å². The van der Waals surface area contributed by atoms with Gasteiger partial charge in [-0.05, 0) is 111 Å². The molecule has 1 aromatic rings. The van der Waals surface area contributed by atoms with Gasteiger partial charge in [-0.1, -0.05) is 51.0 Å². The van der Waals surface area contributed by atoms with E-state index in [9.17, 15) is 47.9 Å². The zero-order valence-electron chi connectivity index (χ0n) is 48.0. The van der Waals surface area contributed by atoms with Crippen LogP contribution in [-0.2, 0) is 49.5 Å². The number of Topliss-reactive ketones (excluding diaryl/α,β-unsaturated/α-hetero) is 3. The molecule has 23 heteroatoms. The van der Waals surface area contributed by atoms with Crippen molar-refractivity contribution >= 4 is 82.7 Å². The summed E-state index contributed by atoms with van der Waals surface area (Å²) >= 11 is 3.21. The third-order valence-corrected chi connectivity index (χ3v) is 15.9. The molecule has 0 radical (unpaired) electrons. The minimum atomic E-state index is -0.929. The molecule has 7 N–H and O–H groups in total. The molecule has 446 valence electrons. The van der Waals surface area contributed by atoms with Crippen molar-refractivity contribution < 1.29 is 62.2 Å². The smallest absolute Gasteiger partial charge is 0.411 e. The highest BCUT2D eigenvalue weighted by molar-refractivity contribution is 8.00. The minimum absolute atomic E-state index is 0.0310. The van der Waals surface area contributed by atoms with Crippen LogP contribution < -0.4 is 42.0 Å². The average Bonchev–Trinajstić information content (AvgIpc) is 4.15. The molecule has 7 atom stereocenters. The summed E-state index contributed by atoms with van der Waals surface area (Å²) in [6.07, 6.45) is 5.62. The quantitative estimate of drug-likeness (QED) is 0.0231. The van der Waals surface area contributed by atoms with Crippen LogP contribution in [0.1, 0.15) is 144 Å². The van der Waals surface area contributed by atoms with Crippen LogP contribution in [0.25, 0.3) is 0 Å². The predicted octanol–water partition coefficient (Wildman–Crippen LogP) is 6.05. The van der Waals surface area contributed by atoms with Gasteiger partial charge in [-0.3, -0.25) is 38.5 Å². The highest BCUT2D eigenvalue weighted by Gasteiger charge is 2.43. The van der Waals surface area contributed by atoms with Crippen LogP contribution in [0.2, 0.25) is 0 Å². The zero-order valence-corrected chi connectivity index (χ0v) is 49.6. The Bertz CT molecular complexity index is 2270. The van der Waals surface area contributed by atoms with Crippen LogP contribution in [0, 0.1) is 11.8 Å². The number of benzene rings is 1. The second-order valence-electron chi connectivity index (χ2n) is 22.6. The molecule has 21 nitrogen and oxygen atoms in total. The van der Waals surface area contributed by atoms with Gasteiger partial charge in [0.25, 0.3) is 0 Å². The maximum atomic E-state index is 14.3. The van der Waals surface area contributed by atoms with E-state index in [-0.39, 0.29) is 87.4 Å². The first-order chi connectivity index (χ1) is 37.9. The summed E-state index contributed by atoms with van der Waals surface area (Å²) in [5.74, 6) is -2.54. The van der Waals surface area contributed by atoms with E-state index in [1.807, 2.05) is 63.7 Å². The van der Waals surface area contributed by atoms with Crippen molar-refractivity contribution in [3.8, 4) is 5.75 Å². The van der Waals surface area contributed by atoms with Crippen LogP contribution in [0.15, 0.2) is 36.9 Å². The molecule has 3 heterocycles. The normalized spacial score (nSPS) is 18.7. The van der Waals surface area contributed by atoms with Gasteiger partial charge >= 0.3 is 18.2 Å². The summed E-state index contributed by atoms with van der Waals surface area (Å²) in [4.78, 5) is 133. The van der Waals surface area contributed by atoms with Gasteiger partial charge < -0.3 is 51.4 Å². The van der Waals surface area contributed by atoms with Crippen molar-refractivity contribution in [2.45, 2.75) is 185 Å². The van der Waals surface area contributed by atoms with Crippen molar-refractivity contribution in [1.82, 2.24) is 42.1 Å². The Hall–Kier alpha value is -5.84. The van der Waals surface area contributed by atoms with Gasteiger partial charge in [0, 0.05) is 67.4 Å². The number of hydrogen-bond acceptors (Lipinski definition) is 15. The lowest BCUT2D eigenvalue weighted by atomic mass is 9.92. The van der Waals surface area contributed by atoms with Gasteiger partial charge in [0.2, 0.25) is 23.6 Å². The van der Waals surface area contributed by atoms with Crippen LogP contribution in [0.4, 0.5) is 14.4 Å². The number of carbonyl (C=O) groups excluding carboxylic acids is 10. The van der Waals surface area contributed by atoms with Crippen molar-refractivity contribution in [3.05, 3.63) is 42.5 Å². The number of urea groups is 1. The zero-order chi connectivity index (χ0) is 58.8. The lowest BCUT2D eigenvalue weighted by molar-refractivity contribution is -0.133. The molecule has 3 aliphatic rings. The fourth-order valence-corrected chi connectivity index (χ4v) is 12.1. The predicted molar refractivity (Wildman–Crippen MR) is 308 cm³/mol. The molecule has 8 amide bonds. The van der Waals surface area contributed by atoms with Gasteiger partial charge in [-0.25, -0.2) is 14.4 Å². The van der Waals surface area contributed by atoms with Crippen molar-refractivity contribution in [3.63, 3.8) is 0 Å². The Morgan fingerprint density at radius 2 is 1.43 bits per heavy atom. The number of thioether (sulfide) groups is 2. The van der Waals surface area contributed by atoms with Gasteiger partial charge in [-0.15, -0.1) is 11.8 Å². The summed E-state index contributed by atoms with van der Waals surface area (Å²) in [5, 5.41) is 20.1. The fraction of sp³-hybridized carbons (Fsp3) is 0.684. The van der Waals surface area contributed by atoms with Crippen LogP contribution in [0.3, 0.4) is 0 Å². The Morgan fingerprint density at radius 3 is 2.06 bits per heavy atom. The van der Waals surface area contributed by atoms with Gasteiger partial charge in [0.1, 0.15) is 29.6 Å². The van der Waals surface area contributed by atoms with Crippen LogP contribution in [-0.4, -0.2) is 155 Å². The van der Waals surface area contributed by atoms with Crippen LogP contribution >= 0.6 is 23.5 Å². The Morgan fingerprint density at radius 1 is 0.775 bits per heavy atom. The van der Waals surface area contributed by atoms with E-state index in [0.717, 1.165) is 24.2 Å². The standard InChI is InChI=1S/C57H88N8O13S2/c1-9-17-46(68)43(29-37-22-24-42(25-23-37)77-56(3,4)5)62-51(71)39(19-13-15-26-58-48(69)21-12-11-20-47-49-44(34-80-47)63-53(73)64-49)31-41(67)32-60-50(70)38(18-14-16-27-59-54(74)76-28-10-2)30-40(66)33-61-52(72)45-35-79-36-65(45)55(75)78-57(6,7)8/h10,22-25,38-39,43-45,47,49H,2,9,11-21,26-36H2,1,3-8H3,(H,58,69)(H,59,74)(H,60,70)(H,61,72)(H,62,71)(H2,63,64,73)/t38-,39-,43+,44?,45?,47?,49?/m1/s1. The summed E-state index contributed by atoms with van der Waals surface area (Å²) in [7, 11) is 0. The highest BCUT2D eigenvalue weighted by atomic mass is 32.2. The summed E-state index contributed by atoms with van der Waals surface area (Å²) in [5.41, 5.74) is -0.398. The summed E-state index contributed by atoms with van der Waals surface area (Å²) in [6, 6.07) is 5.71. The maximum absolute atomic E-state index is 14.3. The molecule has 4 unspecified atom stereocenters. The van der Waals surface area contributed by atoms with Gasteiger partial charge in [-0.2, -0.15) is 11.8 Å². The number of rotatable bonds is 35. The third-order valence-electron chi connectivity index (χ3n) is 13.4. The van der Waals surface area contributed by atoms with Crippen molar-refractivity contribution in [2.24, 2.45) is 11.8 Å². The SMILES string of the molecule is C=CCOC(=O)NCCCC[C@H](CC(=O)CNC(=O)C1CSCN1C(=O)OC(C)(C)C)C(=O)NCC(=O)C[C@@H](CCCCNC(=O)CCCCC1SCC2NC(=O)NC21)C(=O)N[C@@H](Cc1ccc(OC(C)(C)C)cc1)C(=O)CCC. The molecule has 0 aromatic heterocycles. The van der Waals surface area contributed by atoms with Crippen molar-refractivity contribution in [1.29, 1.82) is 0 Å². The number of hydrogen-bond donors (Lipinski definition) is 7. The number of alkyl carbamates (subject to hydrolysis) is 1. The monoisotopic (exact) mass is 1160 g/mol. The molecule has 0 spiro atoms. The molecule has 3 fully saturated rings. The van der Waals surface area contributed by atoms with Gasteiger partial charge in [0.05, 0.1) is 37.1 Å². The van der Waals surface area contributed by atoms with E-state index in [4.69, 9.17) is 14.2 Å². The van der Waals surface area contributed by atoms with E-state index in [2.05, 4.69) is 43.8 Å². The molecule has 1 aromatic carbocycles. The van der Waals surface area contributed by atoms with Gasteiger partial charge in [0.15, 0.2) is 17.3 Å². The molecule has 4 rings (SSSR count). The molecule has 3 aliphatic heterocycles. The number of amides is 8. The molecule has 3 saturated heterocycles. The number of unbranched alkanes of at least 4 members (excludes halogenated alkanes) is 3. The largest absolute Gasteiger partial charge is 0.488 e. The summed E-state index contributed by atoms with van der Waals surface area (Å²) in [6.45, 7) is 16.1. The maximum Gasteiger partial charge on any atom is 0.411 e. The minimum Gasteiger partial charge on any atom is -0.488 e. The lowest BCUT2D eigenvalue weighted by Gasteiger charge is -2.27. The van der Waals surface area contributed by atoms with E-state index >= 15 is 0 Å². The molecule has 80 heavy (non-hydrogen) atoms. The first-order valence-corrected chi connectivity index (χ1v) is 30.4. The molecule has 0 saturated carbocycles. The second kappa shape index (κ2) is 33.8. The molecular formula is C57H88N8O13S2. The summed E-state index contributed by atoms with van der Waals surface area (Å²) < 4.78 is 16.4. The Balaban J connectivity index is 1.39. The Kier molecular flexibility index (Phi) is 28.2. The van der Waals surface area contributed by atoms with Crippen LogP contribution in [0.5, 0.6) is 5.75 Å². The second-order valence-corrected chi connectivity index (χ2v) is 24.9.